The van der Waals surface area contributed by atoms with E-state index in [1.165, 1.54) is 0 Å². The smallest absolute Gasteiger partial charge is 0.242 e. The molecule has 2 amide bonds. The summed E-state index contributed by atoms with van der Waals surface area (Å²) in [6.45, 7) is 7.22. The Morgan fingerprint density at radius 3 is 2.26 bits per heavy atom. The number of hydrogen-bond acceptors (Lipinski definition) is 4. The van der Waals surface area contributed by atoms with Gasteiger partial charge < -0.3 is 19.7 Å². The van der Waals surface area contributed by atoms with Crippen LogP contribution in [-0.4, -0.2) is 49.6 Å². The molecule has 0 aliphatic carbocycles. The highest BCUT2D eigenvalue weighted by molar-refractivity contribution is 5.87. The molecule has 0 heterocycles. The van der Waals surface area contributed by atoms with Gasteiger partial charge in [0, 0.05) is 20.0 Å². The third-order valence-electron chi connectivity index (χ3n) is 5.13. The second kappa shape index (κ2) is 12.6. The van der Waals surface area contributed by atoms with Crippen LogP contribution in [0.25, 0.3) is 0 Å². The monoisotopic (exact) mass is 426 g/mol. The van der Waals surface area contributed by atoms with E-state index < -0.39 is 6.04 Å². The Morgan fingerprint density at radius 2 is 1.61 bits per heavy atom. The van der Waals surface area contributed by atoms with Gasteiger partial charge in [-0.2, -0.15) is 0 Å². The fourth-order valence-electron chi connectivity index (χ4n) is 3.42. The van der Waals surface area contributed by atoms with Crippen LogP contribution in [-0.2, 0) is 22.4 Å². The van der Waals surface area contributed by atoms with E-state index in [-0.39, 0.29) is 11.8 Å². The minimum absolute atomic E-state index is 0.0427. The number of aryl methyl sites for hydroxylation is 1. The maximum absolute atomic E-state index is 13.1. The van der Waals surface area contributed by atoms with Gasteiger partial charge in [-0.25, -0.2) is 0 Å². The number of likely N-dealkylation sites (N-methyl/N-ethyl adjacent to an activating group) is 1. The zero-order valence-electron chi connectivity index (χ0n) is 19.0. The number of carbonyl (C=O) groups is 2. The minimum Gasteiger partial charge on any atom is -0.490 e. The molecule has 1 atom stereocenters. The Balaban J connectivity index is 2.08. The van der Waals surface area contributed by atoms with E-state index in [9.17, 15) is 9.59 Å². The number of nitrogens with zero attached hydrogens (tertiary/aromatic N) is 1. The van der Waals surface area contributed by atoms with E-state index in [0.717, 1.165) is 11.1 Å². The second-order valence-corrected chi connectivity index (χ2v) is 7.26. The van der Waals surface area contributed by atoms with Gasteiger partial charge in [0.05, 0.1) is 13.2 Å². The number of benzene rings is 2. The summed E-state index contributed by atoms with van der Waals surface area (Å²) in [5, 5.41) is 2.65. The van der Waals surface area contributed by atoms with Gasteiger partial charge >= 0.3 is 0 Å². The first-order valence-corrected chi connectivity index (χ1v) is 10.9. The molecule has 6 nitrogen and oxygen atoms in total. The van der Waals surface area contributed by atoms with Crippen molar-refractivity contribution in [3.8, 4) is 11.5 Å². The molecule has 2 rings (SSSR count). The third-order valence-corrected chi connectivity index (χ3v) is 5.13. The molecular formula is C25H34N2O4. The summed E-state index contributed by atoms with van der Waals surface area (Å²) < 4.78 is 11.3. The minimum atomic E-state index is -0.527. The van der Waals surface area contributed by atoms with Gasteiger partial charge in [0.15, 0.2) is 11.5 Å². The van der Waals surface area contributed by atoms with E-state index in [1.807, 2.05) is 62.4 Å². The highest BCUT2D eigenvalue weighted by Crippen LogP contribution is 2.29. The summed E-state index contributed by atoms with van der Waals surface area (Å²) in [7, 11) is 1.59. The maximum atomic E-state index is 13.1. The number of nitrogens with one attached hydrogen (secondary N) is 1. The molecule has 1 N–H and O–H groups in total. The summed E-state index contributed by atoms with van der Waals surface area (Å²) in [4.78, 5) is 27.0. The SMILES string of the molecule is CCOc1ccc(CCC(=O)N(CCc2ccccc2)[C@H](C)C(=O)NC)cc1OCC. The molecule has 2 aromatic rings. The van der Waals surface area contributed by atoms with Gasteiger partial charge in [0.25, 0.3) is 0 Å². The Morgan fingerprint density at radius 1 is 0.935 bits per heavy atom. The molecule has 0 fully saturated rings. The van der Waals surface area contributed by atoms with Gasteiger partial charge in [0.1, 0.15) is 6.04 Å². The molecule has 0 aliphatic rings. The number of rotatable bonds is 12. The zero-order valence-corrected chi connectivity index (χ0v) is 19.0. The number of amides is 2. The average Bonchev–Trinajstić information content (AvgIpc) is 2.79. The van der Waals surface area contributed by atoms with Crippen LogP contribution in [0.5, 0.6) is 11.5 Å². The second-order valence-electron chi connectivity index (χ2n) is 7.26. The molecule has 0 spiro atoms. The van der Waals surface area contributed by atoms with Crippen LogP contribution < -0.4 is 14.8 Å². The van der Waals surface area contributed by atoms with Gasteiger partial charge in [-0.05, 0) is 56.9 Å². The molecule has 0 saturated heterocycles. The molecule has 0 unspecified atom stereocenters. The van der Waals surface area contributed by atoms with E-state index in [4.69, 9.17) is 9.47 Å². The quantitative estimate of drug-likeness (QED) is 0.563. The fraction of sp³-hybridized carbons (Fsp3) is 0.440. The molecule has 0 bridgehead atoms. The van der Waals surface area contributed by atoms with Crippen molar-refractivity contribution in [3.05, 3.63) is 59.7 Å². The molecule has 168 valence electrons. The van der Waals surface area contributed by atoms with E-state index in [0.29, 0.717) is 50.5 Å². The molecule has 2 aromatic carbocycles. The first kappa shape index (κ1) is 24.3. The number of ether oxygens (including phenoxy) is 2. The standard InChI is InChI=1S/C25H34N2O4/c1-5-30-22-14-12-21(18-23(22)31-6-2)13-15-24(28)27(19(3)25(29)26-4)17-16-20-10-8-7-9-11-20/h7-12,14,18-19H,5-6,13,15-17H2,1-4H3,(H,26,29)/t19-/m1/s1. The zero-order chi connectivity index (χ0) is 22.6. The van der Waals surface area contributed by atoms with Crippen molar-refractivity contribution in [3.63, 3.8) is 0 Å². The van der Waals surface area contributed by atoms with Crippen molar-refractivity contribution in [2.45, 2.75) is 46.1 Å². The van der Waals surface area contributed by atoms with Crippen LogP contribution in [0.3, 0.4) is 0 Å². The van der Waals surface area contributed by atoms with Gasteiger partial charge in [-0.1, -0.05) is 36.4 Å². The van der Waals surface area contributed by atoms with Crippen molar-refractivity contribution < 1.29 is 19.1 Å². The molecule has 0 aromatic heterocycles. The molecule has 0 aliphatic heterocycles. The van der Waals surface area contributed by atoms with Crippen LogP contribution in [0.4, 0.5) is 0 Å². The van der Waals surface area contributed by atoms with Gasteiger partial charge in [-0.15, -0.1) is 0 Å². The van der Waals surface area contributed by atoms with Crippen molar-refractivity contribution in [1.82, 2.24) is 10.2 Å². The summed E-state index contributed by atoms with van der Waals surface area (Å²) in [6.07, 6.45) is 1.58. The van der Waals surface area contributed by atoms with Crippen molar-refractivity contribution in [1.29, 1.82) is 0 Å². The Hall–Kier alpha value is -3.02. The highest BCUT2D eigenvalue weighted by atomic mass is 16.5. The van der Waals surface area contributed by atoms with Crippen LogP contribution in [0.1, 0.15) is 38.3 Å². The van der Waals surface area contributed by atoms with E-state index in [2.05, 4.69) is 5.32 Å². The maximum Gasteiger partial charge on any atom is 0.242 e. The number of carbonyl (C=O) groups excluding carboxylic acids is 2. The summed E-state index contributed by atoms with van der Waals surface area (Å²) in [5.74, 6) is 1.19. The van der Waals surface area contributed by atoms with Crippen LogP contribution >= 0.6 is 0 Å². The van der Waals surface area contributed by atoms with Gasteiger partial charge in [-0.3, -0.25) is 9.59 Å². The normalized spacial score (nSPS) is 11.5. The largest absolute Gasteiger partial charge is 0.490 e. The molecule has 6 heteroatoms. The lowest BCUT2D eigenvalue weighted by atomic mass is 10.1. The third kappa shape index (κ3) is 7.31. The molecular weight excluding hydrogens is 392 g/mol. The Labute approximate surface area is 185 Å². The summed E-state index contributed by atoms with van der Waals surface area (Å²) >= 11 is 0. The lowest BCUT2D eigenvalue weighted by Crippen LogP contribution is -2.48. The van der Waals surface area contributed by atoms with E-state index >= 15 is 0 Å². The molecule has 31 heavy (non-hydrogen) atoms. The molecule has 0 radical (unpaired) electrons. The predicted molar refractivity (Wildman–Crippen MR) is 122 cm³/mol. The van der Waals surface area contributed by atoms with Crippen molar-refractivity contribution >= 4 is 11.8 Å². The summed E-state index contributed by atoms with van der Waals surface area (Å²) in [5.41, 5.74) is 2.13. The van der Waals surface area contributed by atoms with Crippen LogP contribution in [0.2, 0.25) is 0 Å². The van der Waals surface area contributed by atoms with Crippen LogP contribution in [0.15, 0.2) is 48.5 Å². The average molecular weight is 427 g/mol. The summed E-state index contributed by atoms with van der Waals surface area (Å²) in [6, 6.07) is 15.2. The van der Waals surface area contributed by atoms with Crippen LogP contribution in [0, 0.1) is 0 Å². The predicted octanol–water partition coefficient (Wildman–Crippen LogP) is 3.62. The Kier molecular flexibility index (Phi) is 9.88. The first-order chi connectivity index (χ1) is 15.0. The molecule has 0 saturated carbocycles. The fourth-order valence-corrected chi connectivity index (χ4v) is 3.42. The highest BCUT2D eigenvalue weighted by Gasteiger charge is 2.24. The Bertz CT molecular complexity index is 839. The number of hydrogen-bond donors (Lipinski definition) is 1. The van der Waals surface area contributed by atoms with Gasteiger partial charge in [0.2, 0.25) is 11.8 Å². The topological polar surface area (TPSA) is 67.9 Å². The first-order valence-electron chi connectivity index (χ1n) is 10.9. The van der Waals surface area contributed by atoms with Crippen molar-refractivity contribution in [2.75, 3.05) is 26.8 Å². The lowest BCUT2D eigenvalue weighted by Gasteiger charge is -2.28. The lowest BCUT2D eigenvalue weighted by molar-refractivity contribution is -0.139. The van der Waals surface area contributed by atoms with Crippen molar-refractivity contribution in [2.24, 2.45) is 0 Å². The van der Waals surface area contributed by atoms with E-state index in [1.54, 1.807) is 18.9 Å².